The number of allylic oxidation sites excluding steroid dienone is 2. The van der Waals surface area contributed by atoms with Crippen LogP contribution in [0.25, 0.3) is 0 Å². The van der Waals surface area contributed by atoms with E-state index in [0.29, 0.717) is 23.3 Å². The Kier molecular flexibility index (Phi) is 6.53. The molecule has 1 atom stereocenters. The van der Waals surface area contributed by atoms with E-state index >= 15 is 0 Å². The maximum Gasteiger partial charge on any atom is 0.327 e. The van der Waals surface area contributed by atoms with Crippen molar-refractivity contribution in [2.75, 3.05) is 13.4 Å². The van der Waals surface area contributed by atoms with Crippen LogP contribution in [0.3, 0.4) is 0 Å². The quantitative estimate of drug-likeness (QED) is 0.585. The number of thioether (sulfide) groups is 1. The highest BCUT2D eigenvalue weighted by Gasteiger charge is 2.29. The second-order valence-corrected chi connectivity index (χ2v) is 5.24. The van der Waals surface area contributed by atoms with Crippen LogP contribution in [-0.2, 0) is 9.53 Å². The van der Waals surface area contributed by atoms with Crippen molar-refractivity contribution in [1.29, 1.82) is 15.8 Å². The van der Waals surface area contributed by atoms with Crippen molar-refractivity contribution in [3.8, 4) is 18.2 Å². The Morgan fingerprint density at radius 2 is 1.86 bits per heavy atom. The minimum absolute atomic E-state index is 0.0263. The third-order valence-corrected chi connectivity index (χ3v) is 4.21. The minimum atomic E-state index is -0.967. The molecule has 1 rings (SSSR count). The molecule has 108 valence electrons. The van der Waals surface area contributed by atoms with Crippen molar-refractivity contribution in [3.63, 3.8) is 0 Å². The Bertz CT molecular complexity index is 598. The summed E-state index contributed by atoms with van der Waals surface area (Å²) in [4.78, 5) is 12.3. The van der Waals surface area contributed by atoms with E-state index in [1.807, 2.05) is 18.2 Å². The highest BCUT2D eigenvalue weighted by atomic mass is 32.2. The molecule has 1 aliphatic rings. The Hall–Kier alpha value is -2.23. The van der Waals surface area contributed by atoms with Crippen LogP contribution in [0.4, 0.5) is 0 Å². The first kappa shape index (κ1) is 16.8. The van der Waals surface area contributed by atoms with Gasteiger partial charge in [0.2, 0.25) is 0 Å². The Morgan fingerprint density at radius 3 is 2.33 bits per heavy atom. The molecule has 1 aliphatic carbocycles. The molecule has 21 heavy (non-hydrogen) atoms. The lowest BCUT2D eigenvalue weighted by Crippen LogP contribution is -2.20. The third-order valence-electron chi connectivity index (χ3n) is 3.35. The number of carbonyl (C=O) groups is 1. The second-order valence-electron chi connectivity index (χ2n) is 4.43. The molecule has 0 aromatic rings. The maximum atomic E-state index is 11.8. The van der Waals surface area contributed by atoms with Crippen LogP contribution in [-0.4, -0.2) is 19.3 Å². The Labute approximate surface area is 128 Å². The van der Waals surface area contributed by atoms with Crippen LogP contribution in [0.1, 0.15) is 25.7 Å². The van der Waals surface area contributed by atoms with Gasteiger partial charge in [0.05, 0.1) is 13.2 Å². The first-order valence-electron chi connectivity index (χ1n) is 6.42. The fourth-order valence-electron chi connectivity index (χ4n) is 2.40. The van der Waals surface area contributed by atoms with Gasteiger partial charge in [-0.15, -0.1) is 11.8 Å². The normalized spacial score (nSPS) is 15.2. The van der Waals surface area contributed by atoms with E-state index in [2.05, 4.69) is 4.74 Å². The predicted molar refractivity (Wildman–Crippen MR) is 78.4 cm³/mol. The molecule has 0 unspecified atom stereocenters. The number of nitrogens with zero attached hydrogens (tertiary/aromatic N) is 3. The summed E-state index contributed by atoms with van der Waals surface area (Å²) in [5.41, 5.74) is 1.49. The Balaban J connectivity index is 3.49. The Morgan fingerprint density at radius 1 is 1.24 bits per heavy atom. The monoisotopic (exact) mass is 301 g/mol. The van der Waals surface area contributed by atoms with E-state index in [1.165, 1.54) is 18.9 Å². The van der Waals surface area contributed by atoms with Crippen LogP contribution < -0.4 is 0 Å². The van der Waals surface area contributed by atoms with Gasteiger partial charge in [-0.3, -0.25) is 4.79 Å². The van der Waals surface area contributed by atoms with Crippen molar-refractivity contribution in [2.45, 2.75) is 25.7 Å². The number of rotatable bonds is 4. The van der Waals surface area contributed by atoms with Gasteiger partial charge in [0.1, 0.15) is 17.7 Å². The molecule has 6 heteroatoms. The van der Waals surface area contributed by atoms with Gasteiger partial charge >= 0.3 is 5.97 Å². The molecule has 0 radical (unpaired) electrons. The third kappa shape index (κ3) is 3.66. The summed E-state index contributed by atoms with van der Waals surface area (Å²) >= 11 is 1.30. The zero-order chi connectivity index (χ0) is 15.8. The SMILES string of the molecule is COC(=O)[C@H](C#N)C1=C(C(SC)=C(C#N)C#N)CCCC1. The van der Waals surface area contributed by atoms with Gasteiger partial charge in [-0.1, -0.05) is 0 Å². The highest BCUT2D eigenvalue weighted by Crippen LogP contribution is 2.39. The number of hydrogen-bond acceptors (Lipinski definition) is 6. The van der Waals surface area contributed by atoms with Gasteiger partial charge in [0, 0.05) is 4.91 Å². The second kappa shape index (κ2) is 8.15. The van der Waals surface area contributed by atoms with E-state index in [9.17, 15) is 10.1 Å². The van der Waals surface area contributed by atoms with Gasteiger partial charge in [-0.05, 0) is 43.1 Å². The molecule has 0 aliphatic heterocycles. The number of nitriles is 3. The molecular formula is C15H15N3O2S. The van der Waals surface area contributed by atoms with Crippen LogP contribution in [0.15, 0.2) is 21.6 Å². The molecule has 0 bridgehead atoms. The van der Waals surface area contributed by atoms with Gasteiger partial charge in [-0.2, -0.15) is 15.8 Å². The van der Waals surface area contributed by atoms with Gasteiger partial charge < -0.3 is 4.74 Å². The van der Waals surface area contributed by atoms with E-state index in [0.717, 1.165) is 18.4 Å². The highest BCUT2D eigenvalue weighted by molar-refractivity contribution is 8.02. The number of hydrogen-bond donors (Lipinski definition) is 0. The van der Waals surface area contributed by atoms with Crippen LogP contribution in [0, 0.1) is 39.9 Å². The number of methoxy groups -OCH3 is 1. The van der Waals surface area contributed by atoms with E-state index in [1.54, 1.807) is 6.26 Å². The first-order chi connectivity index (χ1) is 10.1. The lowest BCUT2D eigenvalue weighted by molar-refractivity contribution is -0.142. The zero-order valence-electron chi connectivity index (χ0n) is 12.0. The van der Waals surface area contributed by atoms with Gasteiger partial charge in [0.25, 0.3) is 0 Å². The van der Waals surface area contributed by atoms with Gasteiger partial charge in [0.15, 0.2) is 5.92 Å². The van der Waals surface area contributed by atoms with E-state index in [-0.39, 0.29) is 5.57 Å². The van der Waals surface area contributed by atoms with Crippen molar-refractivity contribution in [2.24, 2.45) is 5.92 Å². The summed E-state index contributed by atoms with van der Waals surface area (Å²) in [7, 11) is 1.25. The molecule has 0 fully saturated rings. The predicted octanol–water partition coefficient (Wildman–Crippen LogP) is 2.83. The zero-order valence-corrected chi connectivity index (χ0v) is 12.8. The first-order valence-corrected chi connectivity index (χ1v) is 7.65. The standard InChI is InChI=1S/C15H15N3O2S/c1-20-15(19)13(9-18)11-5-3-4-6-12(11)14(21-2)10(7-16)8-17/h13H,3-6H2,1-2H3/t13-/m1/s1. The number of esters is 1. The van der Waals surface area contributed by atoms with Crippen molar-refractivity contribution < 1.29 is 9.53 Å². The molecule has 5 nitrogen and oxygen atoms in total. The summed E-state index contributed by atoms with van der Waals surface area (Å²) in [6.45, 7) is 0. The van der Waals surface area contributed by atoms with E-state index < -0.39 is 11.9 Å². The van der Waals surface area contributed by atoms with Crippen molar-refractivity contribution in [1.82, 2.24) is 0 Å². The maximum absolute atomic E-state index is 11.8. The molecule has 0 aromatic carbocycles. The molecule has 0 N–H and O–H groups in total. The molecular weight excluding hydrogens is 286 g/mol. The average Bonchev–Trinajstić information content (AvgIpc) is 2.53. The molecule has 0 amide bonds. The summed E-state index contributed by atoms with van der Waals surface area (Å²) < 4.78 is 4.68. The molecule has 0 heterocycles. The van der Waals surface area contributed by atoms with Crippen LogP contribution >= 0.6 is 11.8 Å². The number of carbonyl (C=O) groups excluding carboxylic acids is 1. The molecule has 0 spiro atoms. The van der Waals surface area contributed by atoms with E-state index in [4.69, 9.17) is 10.5 Å². The smallest absolute Gasteiger partial charge is 0.327 e. The fraction of sp³-hybridized carbons (Fsp3) is 0.467. The average molecular weight is 301 g/mol. The fourth-order valence-corrected chi connectivity index (χ4v) is 3.17. The molecule has 0 saturated carbocycles. The van der Waals surface area contributed by atoms with Gasteiger partial charge in [-0.25, -0.2) is 0 Å². The number of ether oxygens (including phenoxy) is 1. The summed E-state index contributed by atoms with van der Waals surface area (Å²) in [6, 6.07) is 5.75. The largest absolute Gasteiger partial charge is 0.468 e. The van der Waals surface area contributed by atoms with Crippen LogP contribution in [0.2, 0.25) is 0 Å². The summed E-state index contributed by atoms with van der Waals surface area (Å²) in [5.74, 6) is -1.56. The molecule has 0 aromatic heterocycles. The lowest BCUT2D eigenvalue weighted by atomic mass is 9.83. The van der Waals surface area contributed by atoms with Crippen molar-refractivity contribution in [3.05, 3.63) is 21.6 Å². The molecule has 0 saturated heterocycles. The lowest BCUT2D eigenvalue weighted by Gasteiger charge is -2.23. The van der Waals surface area contributed by atoms with Crippen molar-refractivity contribution >= 4 is 17.7 Å². The van der Waals surface area contributed by atoms with Crippen LogP contribution in [0.5, 0.6) is 0 Å². The minimum Gasteiger partial charge on any atom is -0.468 e. The summed E-state index contributed by atoms with van der Waals surface area (Å²) in [5, 5.41) is 27.4. The topological polar surface area (TPSA) is 97.7 Å². The summed E-state index contributed by atoms with van der Waals surface area (Å²) in [6.07, 6.45) is 4.84.